The Morgan fingerprint density at radius 2 is 2.35 bits per heavy atom. The molecule has 1 atom stereocenters. The van der Waals surface area contributed by atoms with Gasteiger partial charge in [0.05, 0.1) is 6.54 Å². The second kappa shape index (κ2) is 7.35. The van der Waals surface area contributed by atoms with Crippen molar-refractivity contribution in [2.24, 2.45) is 0 Å². The molecule has 1 aliphatic heterocycles. The SMILES string of the molecule is CN(C)C1CCN(CC(=O)NCCCn2cncn2)C1. The molecular weight excluding hydrogens is 256 g/mol. The molecule has 1 aromatic rings. The van der Waals surface area contributed by atoms with Crippen LogP contribution >= 0.6 is 0 Å². The molecule has 112 valence electrons. The fourth-order valence-corrected chi connectivity index (χ4v) is 2.45. The average Bonchev–Trinajstić information content (AvgIpc) is 3.05. The summed E-state index contributed by atoms with van der Waals surface area (Å²) in [5.74, 6) is 0.114. The standard InChI is InChI=1S/C13H24N6O/c1-17(2)12-4-7-18(8-12)9-13(20)15-5-3-6-19-11-14-10-16-19/h10-12H,3-9H2,1-2H3,(H,15,20). The van der Waals surface area contributed by atoms with Crippen molar-refractivity contribution in [3.8, 4) is 0 Å². The molecule has 1 amide bonds. The maximum absolute atomic E-state index is 11.8. The van der Waals surface area contributed by atoms with Crippen molar-refractivity contribution in [2.75, 3.05) is 40.3 Å². The van der Waals surface area contributed by atoms with Crippen molar-refractivity contribution in [3.63, 3.8) is 0 Å². The minimum atomic E-state index is 0.114. The number of likely N-dealkylation sites (N-methyl/N-ethyl adjacent to an activating group) is 1. The highest BCUT2D eigenvalue weighted by Crippen LogP contribution is 2.12. The number of carbonyl (C=O) groups is 1. The van der Waals surface area contributed by atoms with Crippen LogP contribution in [0.25, 0.3) is 0 Å². The number of aromatic nitrogens is 3. The monoisotopic (exact) mass is 280 g/mol. The van der Waals surface area contributed by atoms with Gasteiger partial charge in [-0.25, -0.2) is 4.98 Å². The highest BCUT2D eigenvalue weighted by atomic mass is 16.2. The summed E-state index contributed by atoms with van der Waals surface area (Å²) < 4.78 is 1.77. The van der Waals surface area contributed by atoms with Crippen LogP contribution in [-0.2, 0) is 11.3 Å². The summed E-state index contributed by atoms with van der Waals surface area (Å²) in [7, 11) is 4.19. The number of hydrogen-bond donors (Lipinski definition) is 1. The second-order valence-electron chi connectivity index (χ2n) is 5.50. The number of likely N-dealkylation sites (tertiary alicyclic amines) is 1. The van der Waals surface area contributed by atoms with Crippen LogP contribution in [0.15, 0.2) is 12.7 Å². The van der Waals surface area contributed by atoms with E-state index in [-0.39, 0.29) is 5.91 Å². The highest BCUT2D eigenvalue weighted by Gasteiger charge is 2.24. The van der Waals surface area contributed by atoms with Crippen LogP contribution in [-0.4, -0.2) is 76.8 Å². The van der Waals surface area contributed by atoms with E-state index in [1.165, 1.54) is 6.33 Å². The van der Waals surface area contributed by atoms with E-state index >= 15 is 0 Å². The van der Waals surface area contributed by atoms with E-state index in [0.29, 0.717) is 19.1 Å². The maximum atomic E-state index is 11.8. The van der Waals surface area contributed by atoms with E-state index in [0.717, 1.165) is 32.5 Å². The van der Waals surface area contributed by atoms with E-state index in [4.69, 9.17) is 0 Å². The van der Waals surface area contributed by atoms with E-state index in [1.54, 1.807) is 11.0 Å². The first-order chi connectivity index (χ1) is 9.65. The van der Waals surface area contributed by atoms with Gasteiger partial charge >= 0.3 is 0 Å². The minimum absolute atomic E-state index is 0.114. The molecule has 1 N–H and O–H groups in total. The molecule has 0 bridgehead atoms. The zero-order valence-corrected chi connectivity index (χ0v) is 12.3. The van der Waals surface area contributed by atoms with Gasteiger partial charge in [-0.3, -0.25) is 14.4 Å². The molecule has 1 aromatic heterocycles. The summed E-state index contributed by atoms with van der Waals surface area (Å²) >= 11 is 0. The van der Waals surface area contributed by atoms with Gasteiger partial charge in [-0.05, 0) is 26.9 Å². The third-order valence-corrected chi connectivity index (χ3v) is 3.70. The largest absolute Gasteiger partial charge is 0.355 e. The molecule has 7 nitrogen and oxygen atoms in total. The van der Waals surface area contributed by atoms with Crippen molar-refractivity contribution in [2.45, 2.75) is 25.4 Å². The fraction of sp³-hybridized carbons (Fsp3) is 0.769. The summed E-state index contributed by atoms with van der Waals surface area (Å²) in [6, 6.07) is 0.579. The van der Waals surface area contributed by atoms with Gasteiger partial charge in [0, 0.05) is 32.2 Å². The Hall–Kier alpha value is -1.47. The van der Waals surface area contributed by atoms with Crippen LogP contribution in [0.3, 0.4) is 0 Å². The third-order valence-electron chi connectivity index (χ3n) is 3.70. The lowest BCUT2D eigenvalue weighted by molar-refractivity contribution is -0.122. The second-order valence-corrected chi connectivity index (χ2v) is 5.50. The normalized spacial score (nSPS) is 19.6. The Bertz CT molecular complexity index is 405. The van der Waals surface area contributed by atoms with E-state index in [1.807, 2.05) is 0 Å². The quantitative estimate of drug-likeness (QED) is 0.677. The first-order valence-corrected chi connectivity index (χ1v) is 7.13. The number of aryl methyl sites for hydroxylation is 1. The first kappa shape index (κ1) is 14.9. The zero-order chi connectivity index (χ0) is 14.4. The van der Waals surface area contributed by atoms with Crippen LogP contribution in [0, 0.1) is 0 Å². The topological polar surface area (TPSA) is 66.3 Å². The van der Waals surface area contributed by atoms with E-state index < -0.39 is 0 Å². The first-order valence-electron chi connectivity index (χ1n) is 7.13. The lowest BCUT2D eigenvalue weighted by Crippen LogP contribution is -2.38. The van der Waals surface area contributed by atoms with Crippen molar-refractivity contribution in [1.29, 1.82) is 0 Å². The molecular formula is C13H24N6O. The minimum Gasteiger partial charge on any atom is -0.355 e. The summed E-state index contributed by atoms with van der Waals surface area (Å²) in [6.07, 6.45) is 5.22. The number of carbonyl (C=O) groups excluding carboxylic acids is 1. The number of nitrogens with one attached hydrogen (secondary N) is 1. The summed E-state index contributed by atoms with van der Waals surface area (Å²) in [5, 5.41) is 6.98. The van der Waals surface area contributed by atoms with Gasteiger partial charge < -0.3 is 10.2 Å². The van der Waals surface area contributed by atoms with Crippen molar-refractivity contribution >= 4 is 5.91 Å². The smallest absolute Gasteiger partial charge is 0.234 e. The van der Waals surface area contributed by atoms with Gasteiger partial charge in [-0.15, -0.1) is 0 Å². The van der Waals surface area contributed by atoms with Crippen molar-refractivity contribution in [1.82, 2.24) is 29.9 Å². The lowest BCUT2D eigenvalue weighted by Gasteiger charge is -2.20. The maximum Gasteiger partial charge on any atom is 0.234 e. The van der Waals surface area contributed by atoms with Gasteiger partial charge in [-0.1, -0.05) is 0 Å². The van der Waals surface area contributed by atoms with Crippen molar-refractivity contribution < 1.29 is 4.79 Å². The molecule has 20 heavy (non-hydrogen) atoms. The molecule has 1 fully saturated rings. The summed E-state index contributed by atoms with van der Waals surface area (Å²) in [4.78, 5) is 20.2. The lowest BCUT2D eigenvalue weighted by atomic mass is 10.2. The van der Waals surface area contributed by atoms with Crippen LogP contribution < -0.4 is 5.32 Å². The molecule has 2 rings (SSSR count). The van der Waals surface area contributed by atoms with E-state index in [2.05, 4.69) is 39.3 Å². The predicted molar refractivity (Wildman–Crippen MR) is 76.2 cm³/mol. The Morgan fingerprint density at radius 3 is 3.00 bits per heavy atom. The zero-order valence-electron chi connectivity index (χ0n) is 12.3. The summed E-state index contributed by atoms with van der Waals surface area (Å²) in [5.41, 5.74) is 0. The van der Waals surface area contributed by atoms with E-state index in [9.17, 15) is 4.79 Å². The number of nitrogens with zero attached hydrogens (tertiary/aromatic N) is 5. The third kappa shape index (κ3) is 4.57. The van der Waals surface area contributed by atoms with Gasteiger partial charge in [0.2, 0.25) is 5.91 Å². The molecule has 0 saturated carbocycles. The van der Waals surface area contributed by atoms with Gasteiger partial charge in [-0.2, -0.15) is 5.10 Å². The van der Waals surface area contributed by atoms with Gasteiger partial charge in [0.1, 0.15) is 12.7 Å². The Balaban J connectivity index is 1.57. The average molecular weight is 280 g/mol. The number of amides is 1. The fourth-order valence-electron chi connectivity index (χ4n) is 2.45. The van der Waals surface area contributed by atoms with Gasteiger partial charge in [0.15, 0.2) is 0 Å². The molecule has 0 radical (unpaired) electrons. The number of hydrogen-bond acceptors (Lipinski definition) is 5. The Kier molecular flexibility index (Phi) is 5.49. The molecule has 0 spiro atoms. The van der Waals surface area contributed by atoms with Crippen LogP contribution in [0.2, 0.25) is 0 Å². The molecule has 1 unspecified atom stereocenters. The van der Waals surface area contributed by atoms with Crippen LogP contribution in [0.1, 0.15) is 12.8 Å². The Morgan fingerprint density at radius 1 is 1.50 bits per heavy atom. The molecule has 1 saturated heterocycles. The Labute approximate surface area is 119 Å². The van der Waals surface area contributed by atoms with Gasteiger partial charge in [0.25, 0.3) is 0 Å². The van der Waals surface area contributed by atoms with Crippen molar-refractivity contribution in [3.05, 3.63) is 12.7 Å². The molecule has 0 aromatic carbocycles. The highest BCUT2D eigenvalue weighted by molar-refractivity contribution is 5.78. The van der Waals surface area contributed by atoms with Crippen LogP contribution in [0.4, 0.5) is 0 Å². The summed E-state index contributed by atoms with van der Waals surface area (Å²) in [6.45, 7) is 3.97. The molecule has 1 aliphatic rings. The molecule has 0 aliphatic carbocycles. The predicted octanol–water partition coefficient (Wildman–Crippen LogP) is -0.580. The molecule has 7 heteroatoms. The number of rotatable bonds is 7. The van der Waals surface area contributed by atoms with Crippen LogP contribution in [0.5, 0.6) is 0 Å². The molecule has 2 heterocycles.